The molecule has 0 bridgehead atoms. The number of alkyl halides is 6. The number of carbonyl (C=O) groups excluding carboxylic acids is 2. The molecule has 0 aromatic carbocycles. The first kappa shape index (κ1) is 22.5. The molecule has 0 rings (SSSR count). The van der Waals surface area contributed by atoms with Crippen molar-refractivity contribution in [2.75, 3.05) is 0 Å². The maximum absolute atomic E-state index is 11.2. The molecule has 0 unspecified atom stereocenters. The Morgan fingerprint density at radius 3 is 1.14 bits per heavy atom. The fourth-order valence-corrected chi connectivity index (χ4v) is 0.200. The normalized spacial score (nSPS) is 13.1. The molecule has 0 radical (unpaired) electrons. The Bertz CT molecular complexity index is 342. The van der Waals surface area contributed by atoms with Crippen molar-refractivity contribution < 1.29 is 40.7 Å². The largest absolute Gasteiger partial charge is 0.491 e. The minimum Gasteiger partial charge on any atom is -0.380 e. The minimum atomic E-state index is -5.62. The third-order valence-electron chi connectivity index (χ3n) is 2.43. The molecule has 11 heteroatoms. The molecular formula is C10H15ClF6O3Si. The summed E-state index contributed by atoms with van der Waals surface area (Å²) in [6, 6.07) is 0. The zero-order valence-corrected chi connectivity index (χ0v) is 13.6. The van der Waals surface area contributed by atoms with Gasteiger partial charge in [-0.25, -0.2) is 9.59 Å². The molecule has 126 valence electrons. The summed E-state index contributed by atoms with van der Waals surface area (Å²) in [6.45, 7) is 11.0. The lowest BCUT2D eigenvalue weighted by atomic mass is 10.2. The second-order valence-electron chi connectivity index (χ2n) is 5.39. The Balaban J connectivity index is 0. The van der Waals surface area contributed by atoms with Crippen LogP contribution in [0.25, 0.3) is 0 Å². The van der Waals surface area contributed by atoms with Gasteiger partial charge in [-0.2, -0.15) is 37.4 Å². The van der Waals surface area contributed by atoms with E-state index in [2.05, 4.69) is 38.6 Å². The topological polar surface area (TPSA) is 43.4 Å². The molecule has 0 heterocycles. The highest BCUT2D eigenvalue weighted by molar-refractivity contribution is 7.20. The first-order chi connectivity index (χ1) is 8.80. The number of ether oxygens (including phenoxy) is 1. The van der Waals surface area contributed by atoms with Crippen molar-refractivity contribution in [3.63, 3.8) is 0 Å². The fraction of sp³-hybridized carbons (Fsp3) is 0.800. The van der Waals surface area contributed by atoms with Crippen molar-refractivity contribution in [3.05, 3.63) is 0 Å². The first-order valence-electron chi connectivity index (χ1n) is 5.39. The summed E-state index contributed by atoms with van der Waals surface area (Å²) in [5.74, 6) is -6.40. The Kier molecular flexibility index (Phi) is 7.49. The van der Waals surface area contributed by atoms with Crippen molar-refractivity contribution in [1.82, 2.24) is 0 Å². The Morgan fingerprint density at radius 2 is 1.05 bits per heavy atom. The second kappa shape index (κ2) is 6.99. The van der Waals surface area contributed by atoms with E-state index >= 15 is 0 Å². The van der Waals surface area contributed by atoms with Crippen molar-refractivity contribution in [3.8, 4) is 0 Å². The standard InChI is InChI=1S/C6H15ClSi.C4F6O3/c1-6(2,3)8(4,5)7;5-3(6,7)1(11)13-2(12)4(8,9)10/h1-5H3;. The third kappa shape index (κ3) is 9.72. The van der Waals surface area contributed by atoms with E-state index in [9.17, 15) is 35.9 Å². The van der Waals surface area contributed by atoms with E-state index in [-0.39, 0.29) is 0 Å². The van der Waals surface area contributed by atoms with Gasteiger partial charge in [-0.1, -0.05) is 33.9 Å². The Morgan fingerprint density at radius 1 is 0.857 bits per heavy atom. The number of halogens is 7. The summed E-state index contributed by atoms with van der Waals surface area (Å²) in [7, 11) is -1.39. The van der Waals surface area contributed by atoms with Crippen LogP contribution in [0.2, 0.25) is 18.1 Å². The summed E-state index contributed by atoms with van der Waals surface area (Å²) >= 11 is 6.15. The Labute approximate surface area is 123 Å². The van der Waals surface area contributed by atoms with Gasteiger partial charge < -0.3 is 4.74 Å². The highest BCUT2D eigenvalue weighted by atomic mass is 35.6. The van der Waals surface area contributed by atoms with Crippen molar-refractivity contribution >= 4 is 30.4 Å². The molecule has 0 aromatic rings. The third-order valence-corrected chi connectivity index (χ3v) is 7.70. The molecule has 21 heavy (non-hydrogen) atoms. The SMILES string of the molecule is CC(C)(C)[Si](C)(C)Cl.O=C(OC(=O)C(F)(F)F)C(F)(F)F. The molecule has 0 fully saturated rings. The monoisotopic (exact) mass is 360 g/mol. The molecular weight excluding hydrogens is 346 g/mol. The second-order valence-corrected chi connectivity index (χ2v) is 12.7. The van der Waals surface area contributed by atoms with Gasteiger partial charge in [0.2, 0.25) is 0 Å². The zero-order chi connectivity index (χ0) is 17.9. The van der Waals surface area contributed by atoms with Gasteiger partial charge in [0.1, 0.15) is 0 Å². The number of rotatable bonds is 0. The average Bonchev–Trinajstić information content (AvgIpc) is 2.11. The molecule has 0 atom stereocenters. The van der Waals surface area contributed by atoms with Gasteiger partial charge in [0.05, 0.1) is 0 Å². The summed E-state index contributed by atoms with van der Waals surface area (Å²) in [4.78, 5) is 19.3. The lowest BCUT2D eigenvalue weighted by Gasteiger charge is -2.29. The van der Waals surface area contributed by atoms with Crippen LogP contribution in [0.15, 0.2) is 0 Å². The first-order valence-corrected chi connectivity index (χ1v) is 9.40. The van der Waals surface area contributed by atoms with Crippen LogP contribution in [0.4, 0.5) is 26.3 Å². The van der Waals surface area contributed by atoms with Crippen molar-refractivity contribution in [2.45, 2.75) is 51.3 Å². The van der Waals surface area contributed by atoms with Gasteiger partial charge in [-0.05, 0) is 5.04 Å². The van der Waals surface area contributed by atoms with E-state index in [1.807, 2.05) is 0 Å². The van der Waals surface area contributed by atoms with E-state index in [1.54, 1.807) is 0 Å². The smallest absolute Gasteiger partial charge is 0.380 e. The highest BCUT2D eigenvalue weighted by Crippen LogP contribution is 2.38. The van der Waals surface area contributed by atoms with Crippen LogP contribution in [0.5, 0.6) is 0 Å². The van der Waals surface area contributed by atoms with Crippen LogP contribution in [0.3, 0.4) is 0 Å². The van der Waals surface area contributed by atoms with Crippen LogP contribution >= 0.6 is 11.1 Å². The molecule has 0 amide bonds. The van der Waals surface area contributed by atoms with E-state index in [0.717, 1.165) is 0 Å². The van der Waals surface area contributed by atoms with Crippen LogP contribution in [0.1, 0.15) is 20.8 Å². The Hall–Kier alpha value is -0.773. The molecule has 0 aliphatic carbocycles. The van der Waals surface area contributed by atoms with E-state index in [0.29, 0.717) is 5.04 Å². The highest BCUT2D eigenvalue weighted by Gasteiger charge is 2.49. The molecule has 0 aliphatic heterocycles. The van der Waals surface area contributed by atoms with E-state index in [4.69, 9.17) is 11.1 Å². The van der Waals surface area contributed by atoms with Gasteiger partial charge in [0, 0.05) is 0 Å². The summed E-state index contributed by atoms with van der Waals surface area (Å²) in [5, 5.41) is 0.342. The van der Waals surface area contributed by atoms with Gasteiger partial charge in [-0.15, -0.1) is 0 Å². The number of hydrogen-bond acceptors (Lipinski definition) is 3. The lowest BCUT2D eigenvalue weighted by molar-refractivity contribution is -0.221. The summed E-state index contributed by atoms with van der Waals surface area (Å²) in [6.07, 6.45) is -11.2. The fourth-order valence-electron chi connectivity index (χ4n) is 0.200. The number of esters is 2. The molecule has 0 saturated carbocycles. The van der Waals surface area contributed by atoms with E-state index in [1.165, 1.54) is 0 Å². The van der Waals surface area contributed by atoms with Crippen molar-refractivity contribution in [2.24, 2.45) is 0 Å². The molecule has 0 aliphatic rings. The zero-order valence-electron chi connectivity index (χ0n) is 11.9. The maximum atomic E-state index is 11.2. The van der Waals surface area contributed by atoms with Gasteiger partial charge >= 0.3 is 24.3 Å². The predicted molar refractivity (Wildman–Crippen MR) is 66.3 cm³/mol. The van der Waals surface area contributed by atoms with Gasteiger partial charge in [-0.3, -0.25) is 0 Å². The molecule has 0 spiro atoms. The molecule has 0 aromatic heterocycles. The van der Waals surface area contributed by atoms with Crippen LogP contribution < -0.4 is 0 Å². The summed E-state index contributed by atoms with van der Waals surface area (Å²) < 4.78 is 69.7. The maximum Gasteiger partial charge on any atom is 0.491 e. The molecule has 0 N–H and O–H groups in total. The van der Waals surface area contributed by atoms with Crippen LogP contribution in [-0.4, -0.2) is 31.7 Å². The number of hydrogen-bond donors (Lipinski definition) is 0. The average molecular weight is 361 g/mol. The predicted octanol–water partition coefficient (Wildman–Crippen LogP) is 4.41. The van der Waals surface area contributed by atoms with Crippen LogP contribution in [-0.2, 0) is 14.3 Å². The van der Waals surface area contributed by atoms with Crippen molar-refractivity contribution in [1.29, 1.82) is 0 Å². The van der Waals surface area contributed by atoms with Crippen LogP contribution in [0, 0.1) is 0 Å². The van der Waals surface area contributed by atoms with E-state index < -0.39 is 31.7 Å². The summed E-state index contributed by atoms with van der Waals surface area (Å²) in [5.41, 5.74) is 0. The van der Waals surface area contributed by atoms with Gasteiger partial charge in [0.25, 0.3) is 0 Å². The molecule has 3 nitrogen and oxygen atoms in total. The minimum absolute atomic E-state index is 0.342. The number of carbonyl (C=O) groups is 2. The quantitative estimate of drug-likeness (QED) is 0.211. The lowest BCUT2D eigenvalue weighted by Crippen LogP contribution is -2.34. The van der Waals surface area contributed by atoms with Gasteiger partial charge in [0.15, 0.2) is 7.38 Å². The molecule has 0 saturated heterocycles.